The third kappa shape index (κ3) is 6.18. The monoisotopic (exact) mass is 434 g/mol. The molecule has 0 aliphatic heterocycles. The van der Waals surface area contributed by atoms with E-state index in [-0.39, 0.29) is 31.0 Å². The molecule has 0 aliphatic carbocycles. The number of carbonyl (C=O) groups is 1. The van der Waals surface area contributed by atoms with Gasteiger partial charge in [0.2, 0.25) is 0 Å². The van der Waals surface area contributed by atoms with Crippen molar-refractivity contribution < 1.29 is 27.1 Å². The van der Waals surface area contributed by atoms with Gasteiger partial charge in [-0.25, -0.2) is 4.39 Å². The lowest BCUT2D eigenvalue weighted by atomic mass is 10.2. The van der Waals surface area contributed by atoms with E-state index in [1.807, 2.05) is 0 Å². The van der Waals surface area contributed by atoms with Gasteiger partial charge >= 0.3 is 6.18 Å². The van der Waals surface area contributed by atoms with Gasteiger partial charge in [0.1, 0.15) is 18.2 Å². The van der Waals surface area contributed by atoms with Crippen molar-refractivity contribution >= 4 is 5.91 Å². The molecule has 5 nitrogen and oxygen atoms in total. The van der Waals surface area contributed by atoms with Crippen LogP contribution in [-0.4, -0.2) is 17.1 Å². The van der Waals surface area contributed by atoms with Gasteiger partial charge in [-0.15, -0.1) is 0 Å². The summed E-state index contributed by atoms with van der Waals surface area (Å²) in [6.07, 6.45) is -3.15. The number of ether oxygens (including phenoxy) is 1. The summed E-state index contributed by atoms with van der Waals surface area (Å²) in [4.78, 5) is 24.4. The zero-order valence-corrected chi connectivity index (χ0v) is 16.2. The number of nitrogens with one attached hydrogen (secondary N) is 1. The van der Waals surface area contributed by atoms with Crippen LogP contribution < -0.4 is 15.6 Å². The maximum Gasteiger partial charge on any atom is 0.416 e. The first-order valence-corrected chi connectivity index (χ1v) is 9.25. The first-order chi connectivity index (χ1) is 14.7. The van der Waals surface area contributed by atoms with E-state index >= 15 is 0 Å². The molecule has 0 bridgehead atoms. The molecular weight excluding hydrogens is 416 g/mol. The number of hydrogen-bond acceptors (Lipinski definition) is 3. The summed E-state index contributed by atoms with van der Waals surface area (Å²) < 4.78 is 58.0. The molecule has 0 radical (unpaired) electrons. The van der Waals surface area contributed by atoms with E-state index in [1.165, 1.54) is 53.2 Å². The normalized spacial score (nSPS) is 11.2. The molecule has 162 valence electrons. The molecule has 0 atom stereocenters. The second kappa shape index (κ2) is 9.46. The minimum absolute atomic E-state index is 0.0202. The molecule has 2 aromatic carbocycles. The van der Waals surface area contributed by atoms with E-state index in [4.69, 9.17) is 4.74 Å². The first-order valence-electron chi connectivity index (χ1n) is 9.25. The molecule has 0 unspecified atom stereocenters. The molecule has 1 aromatic heterocycles. The number of pyridine rings is 1. The van der Waals surface area contributed by atoms with E-state index in [1.54, 1.807) is 6.07 Å². The third-order valence-electron chi connectivity index (χ3n) is 4.35. The van der Waals surface area contributed by atoms with Gasteiger partial charge in [-0.05, 0) is 42.0 Å². The lowest BCUT2D eigenvalue weighted by molar-refractivity contribution is -0.137. The van der Waals surface area contributed by atoms with Gasteiger partial charge in [0.15, 0.2) is 0 Å². The summed E-state index contributed by atoms with van der Waals surface area (Å²) in [6, 6.07) is 12.8. The summed E-state index contributed by atoms with van der Waals surface area (Å²) in [5.74, 6) is -0.857. The summed E-state index contributed by atoms with van der Waals surface area (Å²) >= 11 is 0. The maximum absolute atomic E-state index is 13.2. The summed E-state index contributed by atoms with van der Waals surface area (Å²) in [5.41, 5.74) is -0.445. The van der Waals surface area contributed by atoms with E-state index in [2.05, 4.69) is 5.32 Å². The van der Waals surface area contributed by atoms with Gasteiger partial charge in [0.25, 0.3) is 11.5 Å². The third-order valence-corrected chi connectivity index (χ3v) is 4.35. The van der Waals surface area contributed by atoms with Crippen LogP contribution in [0.2, 0.25) is 0 Å². The summed E-state index contributed by atoms with van der Waals surface area (Å²) in [5, 5.41) is 2.63. The Morgan fingerprint density at radius 2 is 1.81 bits per heavy atom. The summed E-state index contributed by atoms with van der Waals surface area (Å²) in [7, 11) is 0. The highest BCUT2D eigenvalue weighted by Gasteiger charge is 2.30. The Bertz CT molecular complexity index is 1130. The Morgan fingerprint density at radius 3 is 2.55 bits per heavy atom. The van der Waals surface area contributed by atoms with Crippen LogP contribution >= 0.6 is 0 Å². The van der Waals surface area contributed by atoms with Crippen molar-refractivity contribution in [2.45, 2.75) is 19.3 Å². The molecule has 9 heteroatoms. The van der Waals surface area contributed by atoms with E-state index in [0.29, 0.717) is 5.56 Å². The predicted molar refractivity (Wildman–Crippen MR) is 105 cm³/mol. The molecule has 0 saturated carbocycles. The number of rotatable bonds is 7. The maximum atomic E-state index is 13.2. The molecule has 0 saturated heterocycles. The standard InChI is InChI=1S/C22H18F4N2O3/c23-18-5-1-3-15(11-18)13-27-21(30)16-7-8-20(29)28(14-16)9-10-31-19-6-2-4-17(12-19)22(24,25)26/h1-8,11-12,14H,9-10,13H2,(H,27,30). The highest BCUT2D eigenvalue weighted by atomic mass is 19.4. The second-order valence-electron chi connectivity index (χ2n) is 6.64. The number of carbonyl (C=O) groups excluding carboxylic acids is 1. The van der Waals surface area contributed by atoms with Crippen LogP contribution in [0.15, 0.2) is 71.7 Å². The van der Waals surface area contributed by atoms with Crippen molar-refractivity contribution in [1.29, 1.82) is 0 Å². The summed E-state index contributed by atoms with van der Waals surface area (Å²) in [6.45, 7) is 0.0596. The Labute approximate surface area is 174 Å². The molecule has 0 fully saturated rings. The van der Waals surface area contributed by atoms with E-state index < -0.39 is 29.0 Å². The molecule has 0 spiro atoms. The average Bonchev–Trinajstić information content (AvgIpc) is 2.73. The molecule has 0 aliphatic rings. The minimum atomic E-state index is -4.48. The second-order valence-corrected chi connectivity index (χ2v) is 6.64. The average molecular weight is 434 g/mol. The molecule has 3 rings (SSSR count). The number of alkyl halides is 3. The number of aromatic nitrogens is 1. The Balaban J connectivity index is 1.60. The topological polar surface area (TPSA) is 60.3 Å². The van der Waals surface area contributed by atoms with Crippen molar-refractivity contribution in [3.8, 4) is 5.75 Å². The number of hydrogen-bond donors (Lipinski definition) is 1. The van der Waals surface area contributed by atoms with Gasteiger partial charge in [-0.1, -0.05) is 18.2 Å². The van der Waals surface area contributed by atoms with Crippen LogP contribution in [0.3, 0.4) is 0 Å². The minimum Gasteiger partial charge on any atom is -0.492 e. The number of nitrogens with zero attached hydrogens (tertiary/aromatic N) is 1. The van der Waals surface area contributed by atoms with Crippen LogP contribution in [0.4, 0.5) is 17.6 Å². The smallest absolute Gasteiger partial charge is 0.416 e. The molecule has 3 aromatic rings. The zero-order chi connectivity index (χ0) is 22.4. The van der Waals surface area contributed by atoms with Gasteiger partial charge in [0.05, 0.1) is 17.7 Å². The Hall–Kier alpha value is -3.62. The van der Waals surface area contributed by atoms with Crippen molar-refractivity contribution in [1.82, 2.24) is 9.88 Å². The highest BCUT2D eigenvalue weighted by Crippen LogP contribution is 2.31. The lowest BCUT2D eigenvalue weighted by Crippen LogP contribution is -2.27. The SMILES string of the molecule is O=C(NCc1cccc(F)c1)c1ccc(=O)n(CCOc2cccc(C(F)(F)F)c2)c1. The molecule has 31 heavy (non-hydrogen) atoms. The lowest BCUT2D eigenvalue weighted by Gasteiger charge is -2.12. The van der Waals surface area contributed by atoms with Crippen LogP contribution in [0.25, 0.3) is 0 Å². The van der Waals surface area contributed by atoms with Crippen LogP contribution in [-0.2, 0) is 19.3 Å². The van der Waals surface area contributed by atoms with Crippen LogP contribution in [0.1, 0.15) is 21.5 Å². The predicted octanol–water partition coefficient (Wildman–Crippen LogP) is 4.02. The zero-order valence-electron chi connectivity index (χ0n) is 16.2. The van der Waals surface area contributed by atoms with E-state index in [0.717, 1.165) is 12.1 Å². The van der Waals surface area contributed by atoms with Crippen molar-refractivity contribution in [2.24, 2.45) is 0 Å². The molecule has 1 N–H and O–H groups in total. The Morgan fingerprint density at radius 1 is 1.03 bits per heavy atom. The fourth-order valence-electron chi connectivity index (χ4n) is 2.80. The van der Waals surface area contributed by atoms with Gasteiger partial charge in [-0.3, -0.25) is 9.59 Å². The fraction of sp³-hybridized carbons (Fsp3) is 0.182. The number of halogens is 4. The fourth-order valence-corrected chi connectivity index (χ4v) is 2.80. The number of benzene rings is 2. The van der Waals surface area contributed by atoms with E-state index in [9.17, 15) is 27.2 Å². The van der Waals surface area contributed by atoms with Gasteiger partial charge in [-0.2, -0.15) is 13.2 Å². The van der Waals surface area contributed by atoms with Crippen molar-refractivity contribution in [3.63, 3.8) is 0 Å². The molecule has 1 heterocycles. The highest BCUT2D eigenvalue weighted by molar-refractivity contribution is 5.93. The quantitative estimate of drug-likeness (QED) is 0.572. The first kappa shape index (κ1) is 22.1. The Kier molecular flexibility index (Phi) is 6.74. The van der Waals surface area contributed by atoms with Crippen LogP contribution in [0, 0.1) is 5.82 Å². The van der Waals surface area contributed by atoms with Gasteiger partial charge < -0.3 is 14.6 Å². The molecule has 1 amide bonds. The van der Waals surface area contributed by atoms with Crippen LogP contribution in [0.5, 0.6) is 5.75 Å². The van der Waals surface area contributed by atoms with Crippen molar-refractivity contribution in [3.05, 3.63) is 99.7 Å². The van der Waals surface area contributed by atoms with Crippen molar-refractivity contribution in [2.75, 3.05) is 6.61 Å². The largest absolute Gasteiger partial charge is 0.492 e. The number of amides is 1. The van der Waals surface area contributed by atoms with Gasteiger partial charge in [0, 0.05) is 18.8 Å². The molecular formula is C22H18F4N2O3.